The zero-order valence-electron chi connectivity index (χ0n) is 18.6. The predicted octanol–water partition coefficient (Wildman–Crippen LogP) is 3.04. The van der Waals surface area contributed by atoms with Gasteiger partial charge in [0.2, 0.25) is 0 Å². The Bertz CT molecular complexity index is 1110. The number of nitrogens with one attached hydrogen (secondary N) is 1. The van der Waals surface area contributed by atoms with Crippen LogP contribution in [0.4, 0.5) is 11.5 Å². The quantitative estimate of drug-likeness (QED) is 0.649. The Morgan fingerprint density at radius 3 is 2.69 bits per heavy atom. The number of hydrogen-bond donors (Lipinski definition) is 2. The number of nitrogens with two attached hydrogens (primary N) is 1. The van der Waals surface area contributed by atoms with E-state index in [4.69, 9.17) is 26.8 Å². The second kappa shape index (κ2) is 10.1. The lowest BCUT2D eigenvalue weighted by Gasteiger charge is -2.25. The monoisotopic (exact) mass is 464 g/mol. The number of nitrogen functional groups attached to an aromatic ring is 1. The first-order valence-electron chi connectivity index (χ1n) is 10.8. The third-order valence-electron chi connectivity index (χ3n) is 5.06. The normalized spacial score (nSPS) is 13.2. The fraction of sp³-hybridized carbons (Fsp3) is 0.500. The largest absolute Gasteiger partial charge is 0.489 e. The van der Waals surface area contributed by atoms with Crippen LogP contribution in [-0.4, -0.2) is 35.2 Å². The molecule has 0 saturated heterocycles. The smallest absolute Gasteiger partial charge is 0.330 e. The molecular weight excluding hydrogens is 436 g/mol. The van der Waals surface area contributed by atoms with Crippen molar-refractivity contribution in [2.75, 3.05) is 30.4 Å². The van der Waals surface area contributed by atoms with Gasteiger partial charge in [0.05, 0.1) is 18.2 Å². The highest BCUT2D eigenvalue weighted by Gasteiger charge is 2.27. The minimum atomic E-state index is -0.711. The van der Waals surface area contributed by atoms with Crippen LogP contribution in [0.5, 0.6) is 11.5 Å². The molecule has 32 heavy (non-hydrogen) atoms. The Hall–Kier alpha value is -2.94. The van der Waals surface area contributed by atoms with Crippen LogP contribution in [-0.2, 0) is 6.54 Å². The summed E-state index contributed by atoms with van der Waals surface area (Å²) in [5.74, 6) is 0.360. The Morgan fingerprint density at radius 2 is 2.00 bits per heavy atom. The third-order valence-corrected chi connectivity index (χ3v) is 5.34. The van der Waals surface area contributed by atoms with E-state index in [0.717, 1.165) is 6.42 Å². The molecule has 9 nitrogen and oxygen atoms in total. The van der Waals surface area contributed by atoms with Gasteiger partial charge in [0.1, 0.15) is 5.82 Å². The molecule has 1 amide bonds. The van der Waals surface area contributed by atoms with Crippen LogP contribution in [0.1, 0.15) is 50.4 Å². The van der Waals surface area contributed by atoms with Crippen LogP contribution in [0.15, 0.2) is 21.7 Å². The number of amides is 1. The van der Waals surface area contributed by atoms with Crippen molar-refractivity contribution < 1.29 is 14.3 Å². The maximum absolute atomic E-state index is 13.6. The number of ether oxygens (including phenoxy) is 2. The molecule has 2 aromatic rings. The van der Waals surface area contributed by atoms with E-state index in [1.54, 1.807) is 6.07 Å². The summed E-state index contributed by atoms with van der Waals surface area (Å²) in [6.07, 6.45) is 2.11. The van der Waals surface area contributed by atoms with Gasteiger partial charge in [-0.15, -0.1) is 0 Å². The van der Waals surface area contributed by atoms with Crippen molar-refractivity contribution in [3.63, 3.8) is 0 Å². The van der Waals surface area contributed by atoms with Crippen molar-refractivity contribution in [1.82, 2.24) is 9.55 Å². The summed E-state index contributed by atoms with van der Waals surface area (Å²) in [7, 11) is 0. The molecule has 1 aliphatic rings. The molecule has 3 N–H and O–H groups in total. The molecule has 0 atom stereocenters. The molecule has 0 aliphatic carbocycles. The van der Waals surface area contributed by atoms with E-state index in [2.05, 4.69) is 4.98 Å². The molecule has 0 unspecified atom stereocenters. The SMILES string of the molecule is CCCCN(C(=O)c1cc(Cl)c2c(c1)OCCCO2)c1c(N)n(CC(C)C)c(=O)[nH]c1=O. The van der Waals surface area contributed by atoms with E-state index < -0.39 is 17.2 Å². The topological polar surface area (TPSA) is 120 Å². The lowest BCUT2D eigenvalue weighted by Crippen LogP contribution is -2.42. The fourth-order valence-corrected chi connectivity index (χ4v) is 3.79. The molecule has 0 fully saturated rings. The van der Waals surface area contributed by atoms with Gasteiger partial charge < -0.3 is 20.1 Å². The number of aromatic nitrogens is 2. The number of rotatable bonds is 7. The molecular formula is C22H29ClN4O5. The molecule has 0 spiro atoms. The standard InChI is InChI=1S/C22H29ClN4O5/c1-4-5-7-26(17-19(24)27(12-13(2)3)22(30)25-20(17)28)21(29)14-10-15(23)18-16(11-14)31-8-6-9-32-18/h10-11,13H,4-9,12,24H2,1-3H3,(H,25,28,30). The van der Waals surface area contributed by atoms with Gasteiger partial charge in [-0.2, -0.15) is 0 Å². The number of unbranched alkanes of at least 4 members (excludes halogenated alkanes) is 1. The molecule has 1 aliphatic heterocycles. The van der Waals surface area contributed by atoms with Crippen molar-refractivity contribution in [1.29, 1.82) is 0 Å². The maximum atomic E-state index is 13.6. The van der Waals surface area contributed by atoms with E-state index in [-0.39, 0.29) is 34.6 Å². The number of nitrogens with zero attached hydrogens (tertiary/aromatic N) is 2. The number of fused-ring (bicyclic) bond motifs is 1. The van der Waals surface area contributed by atoms with Gasteiger partial charge in [-0.1, -0.05) is 38.8 Å². The maximum Gasteiger partial charge on any atom is 0.330 e. The zero-order valence-corrected chi connectivity index (χ0v) is 19.3. The lowest BCUT2D eigenvalue weighted by molar-refractivity contribution is 0.0985. The third kappa shape index (κ3) is 4.93. The van der Waals surface area contributed by atoms with E-state index in [0.29, 0.717) is 44.1 Å². The Kier molecular flexibility index (Phi) is 7.50. The summed E-state index contributed by atoms with van der Waals surface area (Å²) < 4.78 is 12.6. The van der Waals surface area contributed by atoms with Gasteiger partial charge in [0.15, 0.2) is 17.2 Å². The number of halogens is 1. The lowest BCUT2D eigenvalue weighted by atomic mass is 10.1. The summed E-state index contributed by atoms with van der Waals surface area (Å²) in [5, 5.41) is 0.245. The number of H-pyrrole nitrogens is 1. The van der Waals surface area contributed by atoms with Crippen molar-refractivity contribution in [2.24, 2.45) is 5.92 Å². The Morgan fingerprint density at radius 1 is 1.28 bits per heavy atom. The number of hydrogen-bond acceptors (Lipinski definition) is 6. The van der Waals surface area contributed by atoms with Crippen molar-refractivity contribution in [3.8, 4) is 11.5 Å². The van der Waals surface area contributed by atoms with Gasteiger partial charge in [-0.05, 0) is 24.5 Å². The molecule has 1 aromatic carbocycles. The molecule has 0 bridgehead atoms. The van der Waals surface area contributed by atoms with Gasteiger partial charge in [-0.25, -0.2) is 4.79 Å². The molecule has 0 saturated carbocycles. The van der Waals surface area contributed by atoms with E-state index in [1.165, 1.54) is 15.5 Å². The van der Waals surface area contributed by atoms with Crippen LogP contribution in [0.25, 0.3) is 0 Å². The van der Waals surface area contributed by atoms with E-state index >= 15 is 0 Å². The van der Waals surface area contributed by atoms with Crippen molar-refractivity contribution in [3.05, 3.63) is 43.6 Å². The Labute approximate surface area is 191 Å². The van der Waals surface area contributed by atoms with Crippen LogP contribution in [0.2, 0.25) is 5.02 Å². The number of anilines is 2. The highest BCUT2D eigenvalue weighted by atomic mass is 35.5. The summed E-state index contributed by atoms with van der Waals surface area (Å²) >= 11 is 6.37. The summed E-state index contributed by atoms with van der Waals surface area (Å²) in [6.45, 7) is 7.28. The summed E-state index contributed by atoms with van der Waals surface area (Å²) in [6, 6.07) is 3.05. The van der Waals surface area contributed by atoms with Crippen LogP contribution < -0.4 is 31.4 Å². The molecule has 0 radical (unpaired) electrons. The zero-order chi connectivity index (χ0) is 23.4. The average Bonchev–Trinajstić information content (AvgIpc) is 2.98. The van der Waals surface area contributed by atoms with Crippen LogP contribution >= 0.6 is 11.6 Å². The first-order chi connectivity index (χ1) is 15.2. The summed E-state index contributed by atoms with van der Waals surface area (Å²) in [5.41, 5.74) is 5.13. The minimum absolute atomic E-state index is 0.0441. The molecule has 1 aromatic heterocycles. The molecule has 3 rings (SSSR count). The predicted molar refractivity (Wildman–Crippen MR) is 124 cm³/mol. The van der Waals surface area contributed by atoms with Crippen molar-refractivity contribution >= 4 is 29.0 Å². The van der Waals surface area contributed by atoms with E-state index in [9.17, 15) is 14.4 Å². The average molecular weight is 465 g/mol. The van der Waals surface area contributed by atoms with Crippen molar-refractivity contribution in [2.45, 2.75) is 46.6 Å². The van der Waals surface area contributed by atoms with E-state index in [1.807, 2.05) is 20.8 Å². The van der Waals surface area contributed by atoms with Gasteiger partial charge >= 0.3 is 5.69 Å². The molecule has 10 heteroatoms. The fourth-order valence-electron chi connectivity index (χ4n) is 3.53. The first kappa shape index (κ1) is 23.7. The highest BCUT2D eigenvalue weighted by molar-refractivity contribution is 6.33. The van der Waals surface area contributed by atoms with Gasteiger partial charge in [-0.3, -0.25) is 19.1 Å². The number of carbonyl (C=O) groups is 1. The second-order valence-corrected chi connectivity index (χ2v) is 8.55. The minimum Gasteiger partial charge on any atom is -0.489 e. The number of aromatic amines is 1. The number of benzene rings is 1. The molecule has 174 valence electrons. The Balaban J connectivity index is 2.11. The van der Waals surface area contributed by atoms with Gasteiger partial charge in [0.25, 0.3) is 11.5 Å². The summed E-state index contributed by atoms with van der Waals surface area (Å²) in [4.78, 5) is 42.3. The number of carbonyl (C=O) groups excluding carboxylic acids is 1. The highest BCUT2D eigenvalue weighted by Crippen LogP contribution is 2.38. The molecule has 2 heterocycles. The second-order valence-electron chi connectivity index (χ2n) is 8.14. The van der Waals surface area contributed by atoms with Crippen LogP contribution in [0, 0.1) is 5.92 Å². The first-order valence-corrected chi connectivity index (χ1v) is 11.2. The van der Waals surface area contributed by atoms with Gasteiger partial charge in [0, 0.05) is 25.1 Å². The van der Waals surface area contributed by atoms with Crippen LogP contribution in [0.3, 0.4) is 0 Å².